The summed E-state index contributed by atoms with van der Waals surface area (Å²) in [4.78, 5) is 32.5. The normalized spacial score (nSPS) is 11.5. The number of hydrogen-bond donors (Lipinski definition) is 2. The number of aryl methyl sites for hydroxylation is 2. The second-order valence-corrected chi connectivity index (χ2v) is 10.6. The number of aldehydes is 1. The molecule has 8 nitrogen and oxygen atoms in total. The predicted octanol–water partition coefficient (Wildman–Crippen LogP) is 4.41. The van der Waals surface area contributed by atoms with Crippen molar-refractivity contribution in [3.63, 3.8) is 0 Å². The second kappa shape index (κ2) is 12.9. The Morgan fingerprint density at radius 3 is 1.92 bits per heavy atom. The van der Waals surface area contributed by atoms with E-state index >= 15 is 0 Å². The molecule has 0 fully saturated rings. The van der Waals surface area contributed by atoms with Crippen molar-refractivity contribution < 1.29 is 28.3 Å². The number of carbonyl (C=O) groups is 1. The highest BCUT2D eigenvalue weighted by Gasteiger charge is 2.18. The molecule has 38 heavy (non-hydrogen) atoms. The number of nitriles is 1. The van der Waals surface area contributed by atoms with Crippen molar-refractivity contribution in [1.82, 2.24) is 0 Å². The van der Waals surface area contributed by atoms with Crippen LogP contribution in [0.25, 0.3) is 29.1 Å². The first-order chi connectivity index (χ1) is 18.2. The third-order valence-corrected chi connectivity index (χ3v) is 6.94. The third kappa shape index (κ3) is 7.41. The molecular formula is C29H29N4O4P+2. The molecule has 2 N–H and O–H groups in total. The summed E-state index contributed by atoms with van der Waals surface area (Å²) in [5.41, 5.74) is 5.59. The Kier molecular flexibility index (Phi) is 9.60. The summed E-state index contributed by atoms with van der Waals surface area (Å²) in [6.45, 7) is 12.3. The molecule has 0 unspecified atom stereocenters. The molecule has 0 bridgehead atoms. The highest BCUT2D eigenvalue weighted by Crippen LogP contribution is 2.36. The van der Waals surface area contributed by atoms with Crippen LogP contribution in [0.4, 0.5) is 5.69 Å². The van der Waals surface area contributed by atoms with Crippen molar-refractivity contribution in [2.24, 2.45) is 0 Å². The van der Waals surface area contributed by atoms with Crippen LogP contribution in [-0.2, 0) is 22.4 Å². The minimum absolute atomic E-state index is 0.206. The molecule has 0 aliphatic heterocycles. The van der Waals surface area contributed by atoms with Gasteiger partial charge in [-0.25, -0.2) is 14.0 Å². The van der Waals surface area contributed by atoms with Crippen molar-refractivity contribution in [2.75, 3.05) is 6.16 Å². The van der Waals surface area contributed by atoms with Crippen LogP contribution in [0.15, 0.2) is 49.1 Å². The average molecular weight is 529 g/mol. The van der Waals surface area contributed by atoms with E-state index in [0.717, 1.165) is 23.0 Å². The van der Waals surface area contributed by atoms with Gasteiger partial charge >= 0.3 is 7.60 Å². The van der Waals surface area contributed by atoms with Gasteiger partial charge in [0, 0.05) is 24.3 Å². The Bertz CT molecular complexity index is 1510. The summed E-state index contributed by atoms with van der Waals surface area (Å²) in [7, 11) is -4.06. The zero-order valence-corrected chi connectivity index (χ0v) is 22.2. The molecule has 0 saturated carbocycles. The number of benzene rings is 1. The van der Waals surface area contributed by atoms with E-state index in [1.165, 1.54) is 0 Å². The Morgan fingerprint density at radius 2 is 1.45 bits per heavy atom. The van der Waals surface area contributed by atoms with E-state index in [9.17, 15) is 14.6 Å². The highest BCUT2D eigenvalue weighted by atomic mass is 31.2. The van der Waals surface area contributed by atoms with Crippen LogP contribution < -0.4 is 9.13 Å². The lowest BCUT2D eigenvalue weighted by molar-refractivity contribution is -0.695. The van der Waals surface area contributed by atoms with E-state index < -0.39 is 7.60 Å². The van der Waals surface area contributed by atoms with E-state index in [1.54, 1.807) is 17.0 Å². The molecule has 0 aliphatic carbocycles. The smallest absolute Gasteiger partial charge is 0.324 e. The monoisotopic (exact) mass is 528 g/mol. The van der Waals surface area contributed by atoms with Crippen LogP contribution in [0.2, 0.25) is 0 Å². The van der Waals surface area contributed by atoms with E-state index in [1.807, 2.05) is 79.4 Å². The third-order valence-electron chi connectivity index (χ3n) is 6.16. The first-order valence-electron chi connectivity index (χ1n) is 11.9. The van der Waals surface area contributed by atoms with Crippen LogP contribution in [0.5, 0.6) is 0 Å². The van der Waals surface area contributed by atoms with Gasteiger partial charge in [-0.15, -0.1) is 0 Å². The molecule has 9 heteroatoms. The highest BCUT2D eigenvalue weighted by molar-refractivity contribution is 7.51. The van der Waals surface area contributed by atoms with Crippen LogP contribution in [0, 0.1) is 31.8 Å². The largest absolute Gasteiger partial charge is 0.331 e. The molecule has 192 valence electrons. The molecule has 3 rings (SSSR count). The fourth-order valence-corrected chi connectivity index (χ4v) is 4.49. The van der Waals surface area contributed by atoms with E-state index in [2.05, 4.69) is 10.9 Å². The molecule has 3 aromatic rings. The van der Waals surface area contributed by atoms with Crippen LogP contribution in [0.1, 0.15) is 45.4 Å². The molecule has 0 aliphatic rings. The van der Waals surface area contributed by atoms with E-state index in [-0.39, 0.29) is 12.7 Å². The summed E-state index contributed by atoms with van der Waals surface area (Å²) >= 11 is 0. The van der Waals surface area contributed by atoms with Gasteiger partial charge in [0.1, 0.15) is 12.4 Å². The number of nitrogens with zero attached hydrogens (tertiary/aromatic N) is 4. The second-order valence-electron chi connectivity index (χ2n) is 8.77. The molecule has 0 spiro atoms. The average Bonchev–Trinajstić information content (AvgIpc) is 2.90. The topological polar surface area (TPSA) is 111 Å². The summed E-state index contributed by atoms with van der Waals surface area (Å²) < 4.78 is 14.7. The molecule has 0 amide bonds. The predicted molar refractivity (Wildman–Crippen MR) is 146 cm³/mol. The molecule has 0 atom stereocenters. The molecule has 2 heterocycles. The number of hydrogen-bond acceptors (Lipinski definition) is 3. The number of rotatable bonds is 10. The number of carbonyl (C=O) groups excluding carboxylic acids is 1. The van der Waals surface area contributed by atoms with E-state index in [0.29, 0.717) is 40.9 Å². The number of pyridine rings is 2. The Balaban J connectivity index is 1.90. The lowest BCUT2D eigenvalue weighted by atomic mass is 9.90. The van der Waals surface area contributed by atoms with Gasteiger partial charge in [-0.05, 0) is 47.2 Å². The molecule has 2 aromatic heterocycles. The van der Waals surface area contributed by atoms with Crippen molar-refractivity contribution >= 4 is 43.9 Å². The van der Waals surface area contributed by atoms with Crippen LogP contribution in [-0.4, -0.2) is 22.2 Å². The Hall–Kier alpha value is -4.20. The summed E-state index contributed by atoms with van der Waals surface area (Å²) in [5, 5.41) is 9.98. The van der Waals surface area contributed by atoms with Gasteiger partial charge in [0.15, 0.2) is 43.6 Å². The Labute approximate surface area is 222 Å². The van der Waals surface area contributed by atoms with Gasteiger partial charge in [0.05, 0.1) is 24.6 Å². The minimum atomic E-state index is -4.06. The lowest BCUT2D eigenvalue weighted by Crippen LogP contribution is -2.34. The maximum absolute atomic E-state index is 11.1. The first-order valence-corrected chi connectivity index (χ1v) is 13.7. The van der Waals surface area contributed by atoms with Gasteiger partial charge < -0.3 is 14.6 Å². The lowest BCUT2D eigenvalue weighted by Gasteiger charge is -2.14. The summed E-state index contributed by atoms with van der Waals surface area (Å²) in [6.07, 6.45) is 15.8. The first kappa shape index (κ1) is 28.4. The minimum Gasteiger partial charge on any atom is -0.324 e. The van der Waals surface area contributed by atoms with Crippen molar-refractivity contribution in [2.45, 2.75) is 33.4 Å². The van der Waals surface area contributed by atoms with Gasteiger partial charge in [-0.3, -0.25) is 4.57 Å². The van der Waals surface area contributed by atoms with Crippen molar-refractivity contribution in [1.29, 1.82) is 5.26 Å². The molecule has 1 aromatic carbocycles. The zero-order chi connectivity index (χ0) is 27.7. The van der Waals surface area contributed by atoms with Gasteiger partial charge in [0.2, 0.25) is 0 Å². The number of aromatic nitrogens is 2. The maximum Gasteiger partial charge on any atom is 0.331 e. The van der Waals surface area contributed by atoms with E-state index in [4.69, 9.17) is 16.4 Å². The maximum atomic E-state index is 11.1. The zero-order valence-electron chi connectivity index (χ0n) is 21.3. The van der Waals surface area contributed by atoms with Gasteiger partial charge in [-0.1, -0.05) is 24.3 Å². The molecular weight excluding hydrogens is 499 g/mol. The standard InChI is InChI=1S/C29H27N4O4P/c1-22-27(8-6-25-9-14-32(15-10-25)13-4-19-34)29(31-3)23(2)26(28(22)21-30)7-5-24-11-16-33(17-12-24)18-20-38(35,36)37/h5-12,14-17,19H,4,13,18,20H2,1-2H3/p+2/b7-5+,8-6+. The van der Waals surface area contributed by atoms with Crippen molar-refractivity contribution in [3.8, 4) is 6.07 Å². The summed E-state index contributed by atoms with van der Waals surface area (Å²) in [6, 6.07) is 9.80. The van der Waals surface area contributed by atoms with Gasteiger partial charge in [0.25, 0.3) is 0 Å². The fourth-order valence-electron chi connectivity index (χ4n) is 4.00. The van der Waals surface area contributed by atoms with Crippen LogP contribution in [0.3, 0.4) is 0 Å². The van der Waals surface area contributed by atoms with Crippen LogP contribution >= 0.6 is 7.60 Å². The quantitative estimate of drug-likeness (QED) is 0.175. The summed E-state index contributed by atoms with van der Waals surface area (Å²) in [5.74, 6) is 0. The Morgan fingerprint density at radius 1 is 0.921 bits per heavy atom. The molecule has 0 saturated heterocycles. The molecule has 0 radical (unpaired) electrons. The fraction of sp³-hybridized carbons (Fsp3) is 0.207. The van der Waals surface area contributed by atoms with Crippen molar-refractivity contribution in [3.05, 3.63) is 99.4 Å². The van der Waals surface area contributed by atoms with Gasteiger partial charge in [-0.2, -0.15) is 5.26 Å². The SMILES string of the molecule is [C-]#[N+]c1c(C)c(/C=C/c2cc[n+](CCP(=O)(O)O)cc2)c(C#N)c(C)c1/C=C/c1cc[n+](CCC=O)cc1.